The van der Waals surface area contributed by atoms with Crippen molar-refractivity contribution in [3.8, 4) is 5.75 Å². The van der Waals surface area contributed by atoms with Gasteiger partial charge >= 0.3 is 13.1 Å². The maximum atomic E-state index is 13.0. The molecule has 1 fully saturated rings. The summed E-state index contributed by atoms with van der Waals surface area (Å²) in [5, 5.41) is 21.2. The van der Waals surface area contributed by atoms with Crippen molar-refractivity contribution in [1.29, 1.82) is 0 Å². The van der Waals surface area contributed by atoms with Crippen LogP contribution in [-0.4, -0.2) is 69.9 Å². The molecule has 0 radical (unpaired) electrons. The fraction of sp³-hybridized carbons (Fsp3) is 0.421. The summed E-state index contributed by atoms with van der Waals surface area (Å²) in [6.07, 6.45) is -0.0911. The molecule has 4 amide bonds. The molecule has 2 aliphatic heterocycles. The Balaban J connectivity index is 1.94. The number of ether oxygens (including phenoxy) is 2. The monoisotopic (exact) mass is 432 g/mol. The fourth-order valence-corrected chi connectivity index (χ4v) is 3.35. The van der Waals surface area contributed by atoms with E-state index in [2.05, 4.69) is 5.32 Å². The summed E-state index contributed by atoms with van der Waals surface area (Å²) < 4.78 is 10.5. The van der Waals surface area contributed by atoms with Gasteiger partial charge in [-0.15, -0.1) is 0 Å². The van der Waals surface area contributed by atoms with Crippen LogP contribution in [0.3, 0.4) is 0 Å². The maximum absolute atomic E-state index is 13.0. The fourth-order valence-electron chi connectivity index (χ4n) is 3.35. The summed E-state index contributed by atoms with van der Waals surface area (Å²) in [7, 11) is -1.98. The van der Waals surface area contributed by atoms with Gasteiger partial charge in [0.15, 0.2) is 6.61 Å². The number of carbonyl (C=O) groups excluding carboxylic acids is 5. The Morgan fingerprint density at radius 3 is 2.45 bits per heavy atom. The van der Waals surface area contributed by atoms with Gasteiger partial charge in [0.1, 0.15) is 17.4 Å². The van der Waals surface area contributed by atoms with E-state index in [0.29, 0.717) is 4.90 Å². The number of carbonyl (C=O) groups is 5. The van der Waals surface area contributed by atoms with E-state index in [1.54, 1.807) is 20.8 Å². The van der Waals surface area contributed by atoms with Gasteiger partial charge in [-0.1, -0.05) is 0 Å². The summed E-state index contributed by atoms with van der Waals surface area (Å²) in [6.45, 7) is 4.37. The van der Waals surface area contributed by atoms with Crippen molar-refractivity contribution in [2.75, 3.05) is 6.61 Å². The lowest BCUT2D eigenvalue weighted by molar-refractivity contribution is -0.157. The Morgan fingerprint density at radius 1 is 1.19 bits per heavy atom. The Bertz CT molecular complexity index is 983. The average Bonchev–Trinajstić information content (AvgIpc) is 2.89. The van der Waals surface area contributed by atoms with Gasteiger partial charge in [-0.3, -0.25) is 29.4 Å². The van der Waals surface area contributed by atoms with Crippen LogP contribution in [0.1, 0.15) is 54.3 Å². The van der Waals surface area contributed by atoms with E-state index >= 15 is 0 Å². The van der Waals surface area contributed by atoms with Crippen LogP contribution in [0.2, 0.25) is 0 Å². The standard InChI is InChI=1S/C19H21BN2O9/c1-19(2,3)31-14(24)8-30-12-7-9(20(28)29)6-10-15(12)18(27)22(17(10)26)11-4-5-13(23)21-16(11)25/h6-7,11,28-29H,4-5,8H2,1-3H3,(H,21,23,25). The highest BCUT2D eigenvalue weighted by molar-refractivity contribution is 6.59. The molecule has 0 aliphatic carbocycles. The number of esters is 1. The summed E-state index contributed by atoms with van der Waals surface area (Å²) >= 11 is 0. The van der Waals surface area contributed by atoms with E-state index in [1.165, 1.54) is 0 Å². The topological polar surface area (TPSA) is 160 Å². The number of nitrogens with one attached hydrogen (secondary N) is 1. The van der Waals surface area contributed by atoms with E-state index in [4.69, 9.17) is 9.47 Å². The van der Waals surface area contributed by atoms with Crippen molar-refractivity contribution >= 4 is 42.2 Å². The van der Waals surface area contributed by atoms with E-state index in [0.717, 1.165) is 12.1 Å². The molecule has 3 N–H and O–H groups in total. The van der Waals surface area contributed by atoms with Gasteiger partial charge in [0.2, 0.25) is 11.8 Å². The molecular formula is C19H21BN2O9. The van der Waals surface area contributed by atoms with Crippen molar-refractivity contribution in [2.45, 2.75) is 45.3 Å². The van der Waals surface area contributed by atoms with Crippen LogP contribution in [0.5, 0.6) is 5.75 Å². The second-order valence-electron chi connectivity index (χ2n) is 8.14. The van der Waals surface area contributed by atoms with Gasteiger partial charge in [0.25, 0.3) is 11.8 Å². The molecule has 0 spiro atoms. The number of piperidine rings is 1. The van der Waals surface area contributed by atoms with Crippen LogP contribution >= 0.6 is 0 Å². The molecular weight excluding hydrogens is 411 g/mol. The number of hydrogen-bond acceptors (Lipinski definition) is 9. The van der Waals surface area contributed by atoms with Crippen molar-refractivity contribution < 1.29 is 43.5 Å². The second-order valence-corrected chi connectivity index (χ2v) is 8.14. The van der Waals surface area contributed by atoms with Gasteiger partial charge < -0.3 is 19.5 Å². The zero-order chi connectivity index (χ0) is 23.1. The Morgan fingerprint density at radius 2 is 1.87 bits per heavy atom. The molecule has 1 atom stereocenters. The number of fused-ring (bicyclic) bond motifs is 1. The number of imide groups is 2. The van der Waals surface area contributed by atoms with Crippen LogP contribution < -0.4 is 15.5 Å². The van der Waals surface area contributed by atoms with Gasteiger partial charge in [-0.2, -0.15) is 0 Å². The molecule has 2 heterocycles. The second kappa shape index (κ2) is 8.12. The summed E-state index contributed by atoms with van der Waals surface area (Å²) in [5.74, 6) is -3.98. The van der Waals surface area contributed by atoms with E-state index in [-0.39, 0.29) is 35.2 Å². The van der Waals surface area contributed by atoms with Crippen LogP contribution in [0, 0.1) is 0 Å². The van der Waals surface area contributed by atoms with Crippen LogP contribution in [0.25, 0.3) is 0 Å². The lowest BCUT2D eigenvalue weighted by Gasteiger charge is -2.27. The van der Waals surface area contributed by atoms with Gasteiger partial charge in [0.05, 0.1) is 11.1 Å². The Kier molecular flexibility index (Phi) is 5.88. The largest absolute Gasteiger partial charge is 0.488 e. The zero-order valence-corrected chi connectivity index (χ0v) is 17.1. The highest BCUT2D eigenvalue weighted by atomic mass is 16.6. The molecule has 2 aliphatic rings. The SMILES string of the molecule is CC(C)(C)OC(=O)COc1cc(B(O)O)cc2c1C(=O)N(C1CCC(=O)NC1=O)C2=O. The van der Waals surface area contributed by atoms with Gasteiger partial charge in [0, 0.05) is 6.42 Å². The third kappa shape index (κ3) is 4.59. The lowest BCUT2D eigenvalue weighted by atomic mass is 9.78. The number of hydrogen-bond donors (Lipinski definition) is 3. The number of amides is 4. The Hall–Kier alpha value is -3.25. The first kappa shape index (κ1) is 22.4. The minimum Gasteiger partial charge on any atom is -0.481 e. The zero-order valence-electron chi connectivity index (χ0n) is 17.1. The molecule has 11 nitrogen and oxygen atoms in total. The quantitative estimate of drug-likeness (QED) is 0.286. The van der Waals surface area contributed by atoms with E-state index in [9.17, 15) is 34.0 Å². The van der Waals surface area contributed by atoms with E-state index < -0.39 is 55.0 Å². The number of benzene rings is 1. The predicted molar refractivity (Wildman–Crippen MR) is 104 cm³/mol. The molecule has 1 saturated heterocycles. The number of nitrogens with zero attached hydrogens (tertiary/aromatic N) is 1. The average molecular weight is 432 g/mol. The normalized spacial score (nSPS) is 18.6. The van der Waals surface area contributed by atoms with Crippen LogP contribution in [0.15, 0.2) is 12.1 Å². The third-order valence-electron chi connectivity index (χ3n) is 4.59. The highest BCUT2D eigenvalue weighted by Crippen LogP contribution is 2.33. The predicted octanol–water partition coefficient (Wildman–Crippen LogP) is -1.51. The molecule has 31 heavy (non-hydrogen) atoms. The third-order valence-corrected chi connectivity index (χ3v) is 4.59. The molecule has 3 rings (SSSR count). The molecule has 1 aromatic rings. The molecule has 164 valence electrons. The van der Waals surface area contributed by atoms with Crippen LogP contribution in [-0.2, 0) is 19.1 Å². The van der Waals surface area contributed by atoms with Crippen molar-refractivity contribution in [2.24, 2.45) is 0 Å². The maximum Gasteiger partial charge on any atom is 0.488 e. The summed E-state index contributed by atoms with van der Waals surface area (Å²) in [5.41, 5.74) is -1.36. The van der Waals surface area contributed by atoms with Crippen molar-refractivity contribution in [3.05, 3.63) is 23.3 Å². The summed E-state index contributed by atoms with van der Waals surface area (Å²) in [4.78, 5) is 62.2. The first-order chi connectivity index (χ1) is 14.4. The molecule has 12 heteroatoms. The molecule has 1 aromatic carbocycles. The molecule has 0 aromatic heterocycles. The first-order valence-electron chi connectivity index (χ1n) is 9.49. The lowest BCUT2D eigenvalue weighted by Crippen LogP contribution is -2.54. The first-order valence-corrected chi connectivity index (χ1v) is 9.49. The van der Waals surface area contributed by atoms with Crippen molar-refractivity contribution in [1.82, 2.24) is 10.2 Å². The molecule has 0 bridgehead atoms. The molecule has 0 saturated carbocycles. The Labute approximate surface area is 177 Å². The highest BCUT2D eigenvalue weighted by Gasteiger charge is 2.46. The van der Waals surface area contributed by atoms with Crippen LogP contribution in [0.4, 0.5) is 0 Å². The smallest absolute Gasteiger partial charge is 0.481 e. The van der Waals surface area contributed by atoms with Gasteiger partial charge in [-0.25, -0.2) is 4.79 Å². The molecule has 1 unspecified atom stereocenters. The van der Waals surface area contributed by atoms with Gasteiger partial charge in [-0.05, 0) is 44.8 Å². The van der Waals surface area contributed by atoms with Crippen molar-refractivity contribution in [3.63, 3.8) is 0 Å². The van der Waals surface area contributed by atoms with E-state index in [1.807, 2.05) is 0 Å². The summed E-state index contributed by atoms with van der Waals surface area (Å²) in [6, 6.07) is 1.02. The minimum atomic E-state index is -1.98. The minimum absolute atomic E-state index is 0.0419. The number of rotatable bonds is 5.